The Morgan fingerprint density at radius 1 is 2.00 bits per heavy atom. The van der Waals surface area contributed by atoms with Gasteiger partial charge in [-0.25, -0.2) is 4.21 Å². The number of hydrogen-bond donors (Lipinski definition) is 1. The average Bonchev–Trinajstić information content (AvgIpc) is 1.36. The molecular formula is C2H5ClO2S. The first-order valence-corrected chi connectivity index (χ1v) is 2.99. The summed E-state index contributed by atoms with van der Waals surface area (Å²) in [5, 5.41) is 0. The third kappa shape index (κ3) is 2.63. The molecule has 0 aliphatic heterocycles. The number of hydrogen-bond acceptors (Lipinski definition) is 1. The normalized spacial score (nSPS) is 19.8. The van der Waals surface area contributed by atoms with Crippen LogP contribution in [0.4, 0.5) is 0 Å². The highest BCUT2D eigenvalue weighted by atomic mass is 35.5. The quantitative estimate of drug-likeness (QED) is 0.419. The fraction of sp³-hybridized carbons (Fsp3) is 1.00. The van der Waals surface area contributed by atoms with Gasteiger partial charge in [0.15, 0.2) is 11.1 Å². The molecule has 2 unspecified atom stereocenters. The van der Waals surface area contributed by atoms with Crippen LogP contribution in [0.5, 0.6) is 0 Å². The first kappa shape index (κ1) is 6.40. The molecule has 0 saturated carbocycles. The summed E-state index contributed by atoms with van der Waals surface area (Å²) in [6.45, 7) is 1.46. The second kappa shape index (κ2) is 2.55. The van der Waals surface area contributed by atoms with E-state index in [1.807, 2.05) is 0 Å². The Morgan fingerprint density at radius 3 is 2.17 bits per heavy atom. The van der Waals surface area contributed by atoms with Gasteiger partial charge in [0.2, 0.25) is 0 Å². The van der Waals surface area contributed by atoms with E-state index < -0.39 is 15.8 Å². The molecule has 0 fully saturated rings. The van der Waals surface area contributed by atoms with Crippen LogP contribution in [0.15, 0.2) is 0 Å². The van der Waals surface area contributed by atoms with Gasteiger partial charge in [-0.2, -0.15) is 0 Å². The number of halogens is 1. The molecule has 0 amide bonds. The van der Waals surface area contributed by atoms with Gasteiger partial charge in [-0.15, -0.1) is 11.6 Å². The lowest BCUT2D eigenvalue weighted by Gasteiger charge is -1.88. The van der Waals surface area contributed by atoms with Gasteiger partial charge in [0.1, 0.15) is 4.71 Å². The van der Waals surface area contributed by atoms with Gasteiger partial charge < -0.3 is 4.55 Å². The highest BCUT2D eigenvalue weighted by Gasteiger charge is 1.98. The van der Waals surface area contributed by atoms with Crippen molar-refractivity contribution in [2.24, 2.45) is 0 Å². The van der Waals surface area contributed by atoms with Crippen LogP contribution in [0, 0.1) is 0 Å². The van der Waals surface area contributed by atoms with E-state index in [4.69, 9.17) is 16.2 Å². The molecule has 38 valence electrons. The van der Waals surface area contributed by atoms with Crippen molar-refractivity contribution in [1.82, 2.24) is 0 Å². The maximum Gasteiger partial charge on any atom is 0.171 e. The molecule has 0 aromatic carbocycles. The van der Waals surface area contributed by atoms with Crippen LogP contribution >= 0.6 is 11.6 Å². The van der Waals surface area contributed by atoms with Gasteiger partial charge in [-0.1, -0.05) is 0 Å². The van der Waals surface area contributed by atoms with Crippen LogP contribution in [0.25, 0.3) is 0 Å². The minimum Gasteiger partial charge on any atom is -0.305 e. The lowest BCUT2D eigenvalue weighted by molar-refractivity contribution is 0.562. The maximum absolute atomic E-state index is 9.68. The summed E-state index contributed by atoms with van der Waals surface area (Å²) < 4.78 is 17.0. The van der Waals surface area contributed by atoms with Crippen molar-refractivity contribution in [2.75, 3.05) is 0 Å². The summed E-state index contributed by atoms with van der Waals surface area (Å²) in [7, 11) is 0. The zero-order valence-corrected chi connectivity index (χ0v) is 4.79. The molecule has 2 atom stereocenters. The first-order valence-electron chi connectivity index (χ1n) is 1.38. The lowest BCUT2D eigenvalue weighted by Crippen LogP contribution is -1.98. The molecule has 0 saturated heterocycles. The third-order valence-corrected chi connectivity index (χ3v) is 1.29. The zero-order valence-electron chi connectivity index (χ0n) is 3.22. The van der Waals surface area contributed by atoms with E-state index >= 15 is 0 Å². The number of alkyl halides is 1. The van der Waals surface area contributed by atoms with E-state index in [0.717, 1.165) is 0 Å². The fourth-order valence-corrected chi connectivity index (χ4v) is 0. The smallest absolute Gasteiger partial charge is 0.171 e. The molecule has 0 radical (unpaired) electrons. The van der Waals surface area contributed by atoms with Crippen molar-refractivity contribution in [3.05, 3.63) is 0 Å². The van der Waals surface area contributed by atoms with Crippen LogP contribution in [0.1, 0.15) is 6.92 Å². The standard InChI is InChI=1S/C2H5ClO2S/c1-2(3)6(4)5/h2H,1H3,(H,4,5). The first-order chi connectivity index (χ1) is 2.64. The topological polar surface area (TPSA) is 37.3 Å². The minimum atomic E-state index is -1.85. The molecule has 1 N–H and O–H groups in total. The highest BCUT2D eigenvalue weighted by Crippen LogP contribution is 1.94. The molecule has 4 heteroatoms. The molecule has 0 aromatic heterocycles. The molecule has 0 bridgehead atoms. The van der Waals surface area contributed by atoms with Crippen LogP contribution in [0.3, 0.4) is 0 Å². The summed E-state index contributed by atoms with van der Waals surface area (Å²) in [4.78, 5) is 0. The van der Waals surface area contributed by atoms with Crippen LogP contribution in [0.2, 0.25) is 0 Å². The second-order valence-corrected chi connectivity index (χ2v) is 2.99. The van der Waals surface area contributed by atoms with Crippen molar-refractivity contribution in [3.63, 3.8) is 0 Å². The van der Waals surface area contributed by atoms with Gasteiger partial charge in [-0.05, 0) is 6.92 Å². The van der Waals surface area contributed by atoms with Crippen molar-refractivity contribution < 1.29 is 8.76 Å². The predicted octanol–water partition coefficient (Wildman–Crippen LogP) is 0.793. The van der Waals surface area contributed by atoms with Gasteiger partial charge in [-0.3, -0.25) is 0 Å². The molecule has 0 heterocycles. The monoisotopic (exact) mass is 128 g/mol. The summed E-state index contributed by atoms with van der Waals surface area (Å²) in [6, 6.07) is 0. The zero-order chi connectivity index (χ0) is 5.15. The summed E-state index contributed by atoms with van der Waals surface area (Å²) in [5.74, 6) is 0. The molecule has 0 aromatic rings. The Balaban J connectivity index is 3.26. The van der Waals surface area contributed by atoms with Crippen molar-refractivity contribution in [1.29, 1.82) is 0 Å². The molecule has 2 nitrogen and oxygen atoms in total. The highest BCUT2D eigenvalue weighted by molar-refractivity contribution is 7.81. The average molecular weight is 129 g/mol. The molecule has 0 spiro atoms. The summed E-state index contributed by atoms with van der Waals surface area (Å²) >= 11 is 3.21. The number of rotatable bonds is 1. The Morgan fingerprint density at radius 2 is 2.17 bits per heavy atom. The Kier molecular flexibility index (Phi) is 2.72. The van der Waals surface area contributed by atoms with Gasteiger partial charge >= 0.3 is 0 Å². The molecule has 0 rings (SSSR count). The van der Waals surface area contributed by atoms with Gasteiger partial charge in [0.25, 0.3) is 0 Å². The van der Waals surface area contributed by atoms with Crippen LogP contribution in [-0.2, 0) is 11.1 Å². The Bertz CT molecular complexity index is 62.6. The van der Waals surface area contributed by atoms with Crippen molar-refractivity contribution in [3.8, 4) is 0 Å². The Labute approximate surface area is 43.8 Å². The molecule has 6 heavy (non-hydrogen) atoms. The van der Waals surface area contributed by atoms with Gasteiger partial charge in [0, 0.05) is 0 Å². The van der Waals surface area contributed by atoms with Crippen LogP contribution < -0.4 is 0 Å². The second-order valence-electron chi connectivity index (χ2n) is 0.819. The van der Waals surface area contributed by atoms with E-state index in [1.165, 1.54) is 6.92 Å². The van der Waals surface area contributed by atoms with E-state index in [1.54, 1.807) is 0 Å². The molecule has 0 aliphatic rings. The van der Waals surface area contributed by atoms with Crippen LogP contribution in [-0.4, -0.2) is 13.5 Å². The largest absolute Gasteiger partial charge is 0.305 e. The predicted molar refractivity (Wildman–Crippen MR) is 26.1 cm³/mol. The van der Waals surface area contributed by atoms with E-state index in [-0.39, 0.29) is 0 Å². The Hall–Kier alpha value is 0.400. The third-order valence-electron chi connectivity index (χ3n) is 0.278. The van der Waals surface area contributed by atoms with E-state index in [2.05, 4.69) is 0 Å². The minimum absolute atomic E-state index is 0.648. The van der Waals surface area contributed by atoms with E-state index in [0.29, 0.717) is 0 Å². The summed E-state index contributed by atoms with van der Waals surface area (Å²) in [5.41, 5.74) is 0. The molecular weight excluding hydrogens is 124 g/mol. The van der Waals surface area contributed by atoms with Crippen molar-refractivity contribution in [2.45, 2.75) is 11.6 Å². The SMILES string of the molecule is CC(Cl)S(=O)O. The fourth-order valence-electron chi connectivity index (χ4n) is 0. The molecule has 0 aliphatic carbocycles. The summed E-state index contributed by atoms with van der Waals surface area (Å²) in [6.07, 6.45) is 0. The van der Waals surface area contributed by atoms with E-state index in [9.17, 15) is 4.21 Å². The van der Waals surface area contributed by atoms with Gasteiger partial charge in [0.05, 0.1) is 0 Å². The lowest BCUT2D eigenvalue weighted by atomic mass is 11.0. The maximum atomic E-state index is 9.68. The van der Waals surface area contributed by atoms with Crippen molar-refractivity contribution >= 4 is 22.7 Å².